The summed E-state index contributed by atoms with van der Waals surface area (Å²) in [5, 5.41) is 8.75. The van der Waals surface area contributed by atoms with Crippen LogP contribution in [0.15, 0.2) is 77.9 Å². The molecule has 0 saturated heterocycles. The first-order chi connectivity index (χ1) is 13.2. The van der Waals surface area contributed by atoms with E-state index in [9.17, 15) is 0 Å². The number of hydrogen-bond donors (Lipinski definition) is 0. The standard InChI is InChI=1S/C23H18Cl2N2/c24-17-8-5-16(6-9-17)23-21-14-7-15-3-1-2-4-20(15)22(21)26-27(23)19-12-10-18(25)11-13-19/h1-6,8-13,21,23H,7,14H2/t21-,23+/m0/s1. The van der Waals surface area contributed by atoms with E-state index in [0.29, 0.717) is 5.92 Å². The smallest absolute Gasteiger partial charge is 0.0860 e. The van der Waals surface area contributed by atoms with Crippen LogP contribution in [0.5, 0.6) is 0 Å². The summed E-state index contributed by atoms with van der Waals surface area (Å²) in [7, 11) is 0. The maximum absolute atomic E-state index is 6.14. The number of hydrogen-bond acceptors (Lipinski definition) is 2. The largest absolute Gasteiger partial charge is 0.257 e. The Morgan fingerprint density at radius 3 is 2.22 bits per heavy atom. The minimum atomic E-state index is 0.159. The van der Waals surface area contributed by atoms with Gasteiger partial charge in [-0.25, -0.2) is 0 Å². The van der Waals surface area contributed by atoms with Crippen LogP contribution in [0.3, 0.4) is 0 Å². The molecule has 2 nitrogen and oxygen atoms in total. The van der Waals surface area contributed by atoms with Gasteiger partial charge in [0.15, 0.2) is 0 Å². The molecule has 3 aromatic rings. The van der Waals surface area contributed by atoms with Gasteiger partial charge < -0.3 is 0 Å². The predicted octanol–water partition coefficient (Wildman–Crippen LogP) is 6.52. The fourth-order valence-electron chi connectivity index (χ4n) is 4.27. The summed E-state index contributed by atoms with van der Waals surface area (Å²) in [6, 6.07) is 24.9. The molecule has 2 aliphatic rings. The minimum Gasteiger partial charge on any atom is -0.257 e. The van der Waals surface area contributed by atoms with E-state index in [1.165, 1.54) is 22.4 Å². The molecule has 1 aliphatic carbocycles. The van der Waals surface area contributed by atoms with Crippen LogP contribution in [0.2, 0.25) is 10.0 Å². The second kappa shape index (κ2) is 6.70. The Balaban J connectivity index is 1.64. The van der Waals surface area contributed by atoms with Crippen molar-refractivity contribution in [2.75, 3.05) is 5.01 Å². The first kappa shape index (κ1) is 16.9. The number of nitrogens with zero attached hydrogens (tertiary/aromatic N) is 2. The number of anilines is 1. The molecule has 0 bridgehead atoms. The van der Waals surface area contributed by atoms with Crippen LogP contribution in [-0.4, -0.2) is 5.71 Å². The number of aryl methyl sites for hydroxylation is 1. The Kier molecular flexibility index (Phi) is 4.18. The fourth-order valence-corrected chi connectivity index (χ4v) is 4.52. The van der Waals surface area contributed by atoms with Gasteiger partial charge in [-0.05, 0) is 60.4 Å². The highest BCUT2D eigenvalue weighted by Gasteiger charge is 2.41. The number of halogens is 2. The molecule has 2 atom stereocenters. The molecule has 1 heterocycles. The lowest BCUT2D eigenvalue weighted by Crippen LogP contribution is -2.28. The monoisotopic (exact) mass is 392 g/mol. The van der Waals surface area contributed by atoms with Crippen molar-refractivity contribution in [1.82, 2.24) is 0 Å². The number of benzene rings is 3. The second-order valence-electron chi connectivity index (χ2n) is 7.10. The summed E-state index contributed by atoms with van der Waals surface area (Å²) in [5.74, 6) is 0.358. The molecule has 0 saturated carbocycles. The summed E-state index contributed by atoms with van der Waals surface area (Å²) in [5.41, 5.74) is 6.15. The zero-order valence-electron chi connectivity index (χ0n) is 14.6. The SMILES string of the molecule is Clc1ccc([C@@H]2[C@H]3CCc4ccccc4C3=NN2c2ccc(Cl)cc2)cc1. The third-order valence-electron chi connectivity index (χ3n) is 5.53. The van der Waals surface area contributed by atoms with Crippen LogP contribution in [0.4, 0.5) is 5.69 Å². The molecule has 0 unspecified atom stereocenters. The molecule has 1 aliphatic heterocycles. The molecular formula is C23H18Cl2N2. The zero-order valence-corrected chi connectivity index (χ0v) is 16.2. The van der Waals surface area contributed by atoms with Crippen molar-refractivity contribution in [1.29, 1.82) is 0 Å². The van der Waals surface area contributed by atoms with Crippen LogP contribution in [0.25, 0.3) is 0 Å². The summed E-state index contributed by atoms with van der Waals surface area (Å²) < 4.78 is 0. The highest BCUT2D eigenvalue weighted by Crippen LogP contribution is 2.45. The van der Waals surface area contributed by atoms with Crippen LogP contribution in [0.1, 0.15) is 29.2 Å². The third-order valence-corrected chi connectivity index (χ3v) is 6.04. The zero-order chi connectivity index (χ0) is 18.4. The van der Waals surface area contributed by atoms with Crippen molar-refractivity contribution >= 4 is 34.6 Å². The first-order valence-electron chi connectivity index (χ1n) is 9.18. The predicted molar refractivity (Wildman–Crippen MR) is 113 cm³/mol. The van der Waals surface area contributed by atoms with Crippen molar-refractivity contribution in [2.24, 2.45) is 11.0 Å². The molecule has 5 rings (SSSR count). The lowest BCUT2D eigenvalue weighted by atomic mass is 9.77. The van der Waals surface area contributed by atoms with Gasteiger partial charge in [0.25, 0.3) is 0 Å². The molecule has 3 aromatic carbocycles. The Bertz CT molecular complexity index is 1010. The van der Waals surface area contributed by atoms with Crippen molar-refractivity contribution in [3.63, 3.8) is 0 Å². The number of fused-ring (bicyclic) bond motifs is 3. The van der Waals surface area contributed by atoms with E-state index >= 15 is 0 Å². The van der Waals surface area contributed by atoms with Crippen LogP contribution in [-0.2, 0) is 6.42 Å². The Morgan fingerprint density at radius 1 is 0.815 bits per heavy atom. The van der Waals surface area contributed by atoms with Crippen molar-refractivity contribution < 1.29 is 0 Å². The normalized spacial score (nSPS) is 20.8. The van der Waals surface area contributed by atoms with Gasteiger partial charge in [-0.2, -0.15) is 5.10 Å². The molecule has 0 radical (unpaired) electrons. The maximum atomic E-state index is 6.14. The van der Waals surface area contributed by atoms with E-state index in [4.69, 9.17) is 28.3 Å². The van der Waals surface area contributed by atoms with E-state index in [-0.39, 0.29) is 6.04 Å². The first-order valence-corrected chi connectivity index (χ1v) is 9.93. The fraction of sp³-hybridized carbons (Fsp3) is 0.174. The number of hydrazone groups is 1. The average molecular weight is 393 g/mol. The molecule has 0 N–H and O–H groups in total. The molecular weight excluding hydrogens is 375 g/mol. The summed E-state index contributed by atoms with van der Waals surface area (Å²) in [4.78, 5) is 0. The van der Waals surface area contributed by atoms with Gasteiger partial charge in [0.1, 0.15) is 0 Å². The van der Waals surface area contributed by atoms with Crippen LogP contribution < -0.4 is 5.01 Å². The van der Waals surface area contributed by atoms with E-state index in [0.717, 1.165) is 28.6 Å². The Morgan fingerprint density at radius 2 is 1.48 bits per heavy atom. The topological polar surface area (TPSA) is 15.6 Å². The van der Waals surface area contributed by atoms with Gasteiger partial charge in [0, 0.05) is 21.5 Å². The van der Waals surface area contributed by atoms with Gasteiger partial charge in [0.05, 0.1) is 17.4 Å². The summed E-state index contributed by atoms with van der Waals surface area (Å²) in [6.45, 7) is 0. The highest BCUT2D eigenvalue weighted by atomic mass is 35.5. The molecule has 0 amide bonds. The quantitative estimate of drug-likeness (QED) is 0.484. The number of rotatable bonds is 2. The molecule has 0 aromatic heterocycles. The van der Waals surface area contributed by atoms with E-state index in [2.05, 4.69) is 41.4 Å². The third kappa shape index (κ3) is 2.93. The van der Waals surface area contributed by atoms with Crippen molar-refractivity contribution in [3.8, 4) is 0 Å². The van der Waals surface area contributed by atoms with Crippen molar-refractivity contribution in [3.05, 3.63) is 99.5 Å². The average Bonchev–Trinajstić information content (AvgIpc) is 3.09. The molecule has 4 heteroatoms. The van der Waals surface area contributed by atoms with Gasteiger partial charge in [0.2, 0.25) is 0 Å². The maximum Gasteiger partial charge on any atom is 0.0860 e. The Labute approximate surface area is 169 Å². The molecule has 0 fully saturated rings. The van der Waals surface area contributed by atoms with E-state index in [1.807, 2.05) is 36.4 Å². The Hall–Kier alpha value is -2.29. The summed E-state index contributed by atoms with van der Waals surface area (Å²) >= 11 is 12.2. The minimum absolute atomic E-state index is 0.159. The second-order valence-corrected chi connectivity index (χ2v) is 7.98. The summed E-state index contributed by atoms with van der Waals surface area (Å²) in [6.07, 6.45) is 2.17. The van der Waals surface area contributed by atoms with Crippen LogP contribution in [0, 0.1) is 5.92 Å². The van der Waals surface area contributed by atoms with Crippen molar-refractivity contribution in [2.45, 2.75) is 18.9 Å². The van der Waals surface area contributed by atoms with Gasteiger partial charge >= 0.3 is 0 Å². The van der Waals surface area contributed by atoms with Gasteiger partial charge in [-0.1, -0.05) is 59.6 Å². The molecule has 134 valence electrons. The lowest BCUT2D eigenvalue weighted by molar-refractivity contribution is 0.510. The molecule has 0 spiro atoms. The van der Waals surface area contributed by atoms with Gasteiger partial charge in [-0.15, -0.1) is 0 Å². The van der Waals surface area contributed by atoms with E-state index < -0.39 is 0 Å². The lowest BCUT2D eigenvalue weighted by Gasteiger charge is -2.30. The van der Waals surface area contributed by atoms with Crippen LogP contribution >= 0.6 is 23.2 Å². The van der Waals surface area contributed by atoms with E-state index in [1.54, 1.807) is 0 Å². The van der Waals surface area contributed by atoms with Gasteiger partial charge in [-0.3, -0.25) is 5.01 Å². The highest BCUT2D eigenvalue weighted by molar-refractivity contribution is 6.30. The molecule has 27 heavy (non-hydrogen) atoms.